The fourth-order valence-corrected chi connectivity index (χ4v) is 0.628. The summed E-state index contributed by atoms with van der Waals surface area (Å²) in [5.41, 5.74) is 6.42. The third kappa shape index (κ3) is 5.24. The molecule has 1 aromatic rings. The summed E-state index contributed by atoms with van der Waals surface area (Å²) in [6.45, 7) is 9.65. The summed E-state index contributed by atoms with van der Waals surface area (Å²) in [6, 6.07) is 0. The Morgan fingerprint density at radius 1 is 1.29 bits per heavy atom. The maximum Gasteiger partial charge on any atom is 0.135 e. The Morgan fingerprint density at radius 2 is 1.79 bits per heavy atom. The van der Waals surface area contributed by atoms with Gasteiger partial charge < -0.3 is 11.1 Å². The minimum atomic E-state index is 0.363. The molecule has 0 radical (unpaired) electrons. The average molecular weight is 196 g/mol. The number of nitrogens with one attached hydrogen (secondary N) is 1. The van der Waals surface area contributed by atoms with E-state index in [1.807, 2.05) is 27.7 Å². The van der Waals surface area contributed by atoms with E-state index in [1.54, 1.807) is 6.92 Å². The lowest BCUT2D eigenvalue weighted by molar-refractivity contribution is 1.16. The summed E-state index contributed by atoms with van der Waals surface area (Å²) < 4.78 is 0. The van der Waals surface area contributed by atoms with Gasteiger partial charge in [0.2, 0.25) is 0 Å². The van der Waals surface area contributed by atoms with E-state index < -0.39 is 0 Å². The predicted molar refractivity (Wildman–Crippen MR) is 61.6 cm³/mol. The molecular weight excluding hydrogens is 176 g/mol. The average Bonchev–Trinajstić information content (AvgIpc) is 2.24. The molecule has 1 aromatic heterocycles. The van der Waals surface area contributed by atoms with Gasteiger partial charge in [-0.15, -0.1) is 0 Å². The number of anilines is 1. The molecule has 0 unspecified atom stereocenters. The van der Waals surface area contributed by atoms with E-state index in [-0.39, 0.29) is 0 Å². The van der Waals surface area contributed by atoms with Crippen molar-refractivity contribution >= 4 is 11.5 Å². The first kappa shape index (κ1) is 15.0. The van der Waals surface area contributed by atoms with Crippen molar-refractivity contribution in [3.05, 3.63) is 18.1 Å². The molecule has 0 aliphatic heterocycles. The third-order valence-electron chi connectivity index (χ3n) is 1.15. The highest BCUT2D eigenvalue weighted by molar-refractivity contribution is 5.99. The van der Waals surface area contributed by atoms with E-state index in [0.717, 1.165) is 0 Å². The van der Waals surface area contributed by atoms with Crippen LogP contribution in [0, 0.1) is 5.41 Å². The highest BCUT2D eigenvalue weighted by Crippen LogP contribution is 2.04. The Labute approximate surface area is 86.1 Å². The Balaban J connectivity index is 0. The first-order valence-corrected chi connectivity index (χ1v) is 4.83. The molecule has 0 saturated carbocycles. The molecule has 1 heterocycles. The van der Waals surface area contributed by atoms with Gasteiger partial charge in [-0.25, -0.2) is 9.97 Å². The molecular formula is C10H20N4. The normalized spacial score (nSPS) is 7.50. The van der Waals surface area contributed by atoms with Crippen LogP contribution in [0.5, 0.6) is 0 Å². The first-order chi connectivity index (χ1) is 6.72. The fourth-order valence-electron chi connectivity index (χ4n) is 0.628. The van der Waals surface area contributed by atoms with Crippen LogP contribution < -0.4 is 5.73 Å². The number of rotatable bonds is 1. The summed E-state index contributed by atoms with van der Waals surface area (Å²) >= 11 is 0. The lowest BCUT2D eigenvalue weighted by Gasteiger charge is -1.98. The second-order valence-electron chi connectivity index (χ2n) is 1.95. The van der Waals surface area contributed by atoms with Gasteiger partial charge in [-0.05, 0) is 6.92 Å². The van der Waals surface area contributed by atoms with Crippen molar-refractivity contribution in [1.29, 1.82) is 5.41 Å². The topological polar surface area (TPSA) is 75.7 Å². The van der Waals surface area contributed by atoms with Crippen molar-refractivity contribution in [2.75, 3.05) is 5.73 Å². The zero-order chi connectivity index (χ0) is 11.6. The quantitative estimate of drug-likeness (QED) is 0.677. The zero-order valence-electron chi connectivity index (χ0n) is 9.63. The Kier molecular flexibility index (Phi) is 10.4. The van der Waals surface area contributed by atoms with E-state index in [4.69, 9.17) is 11.1 Å². The van der Waals surface area contributed by atoms with Crippen LogP contribution in [0.2, 0.25) is 0 Å². The summed E-state index contributed by atoms with van der Waals surface area (Å²) in [5, 5.41) is 7.22. The minimum absolute atomic E-state index is 0.363. The number of nitrogen functional groups attached to an aromatic ring is 1. The second-order valence-corrected chi connectivity index (χ2v) is 1.95. The van der Waals surface area contributed by atoms with E-state index in [1.165, 1.54) is 12.5 Å². The number of hydrogen-bond donors (Lipinski definition) is 2. The number of nitrogens with two attached hydrogens (primary N) is 1. The monoisotopic (exact) mass is 196 g/mol. The summed E-state index contributed by atoms with van der Waals surface area (Å²) in [7, 11) is 0. The van der Waals surface area contributed by atoms with Gasteiger partial charge in [0.25, 0.3) is 0 Å². The highest BCUT2D eigenvalue weighted by Gasteiger charge is 1.99. The zero-order valence-corrected chi connectivity index (χ0v) is 9.63. The molecule has 0 aromatic carbocycles. The van der Waals surface area contributed by atoms with Crippen molar-refractivity contribution < 1.29 is 0 Å². The molecule has 3 N–H and O–H groups in total. The molecule has 14 heavy (non-hydrogen) atoms. The standard InChI is InChI=1S/C6H8N4.2C2H6/c1-4(7)5-2-9-3-10-6(5)8;2*1-2/h2-3,7H,1H3,(H2,8,9,10);2*1-2H3. The van der Waals surface area contributed by atoms with E-state index in [0.29, 0.717) is 17.1 Å². The molecule has 0 fully saturated rings. The van der Waals surface area contributed by atoms with Crippen molar-refractivity contribution in [1.82, 2.24) is 9.97 Å². The van der Waals surface area contributed by atoms with Gasteiger partial charge in [-0.3, -0.25) is 0 Å². The fraction of sp³-hybridized carbons (Fsp3) is 0.500. The van der Waals surface area contributed by atoms with Crippen molar-refractivity contribution in [3.8, 4) is 0 Å². The summed E-state index contributed by atoms with van der Waals surface area (Å²) in [6.07, 6.45) is 2.90. The molecule has 1 rings (SSSR count). The van der Waals surface area contributed by atoms with Crippen LogP contribution >= 0.6 is 0 Å². The highest BCUT2D eigenvalue weighted by atomic mass is 14.9. The largest absolute Gasteiger partial charge is 0.383 e. The van der Waals surface area contributed by atoms with Gasteiger partial charge in [-0.1, -0.05) is 27.7 Å². The molecule has 0 atom stereocenters. The Morgan fingerprint density at radius 3 is 2.07 bits per heavy atom. The lowest BCUT2D eigenvalue weighted by Crippen LogP contribution is -2.02. The van der Waals surface area contributed by atoms with Gasteiger partial charge in [0.15, 0.2) is 0 Å². The SMILES string of the molecule is CC.CC.CC(=N)c1cncnc1N. The van der Waals surface area contributed by atoms with Crippen LogP contribution in [0.4, 0.5) is 5.82 Å². The first-order valence-electron chi connectivity index (χ1n) is 4.83. The number of hydrogen-bond acceptors (Lipinski definition) is 4. The Bertz CT molecular complexity index is 258. The van der Waals surface area contributed by atoms with Gasteiger partial charge >= 0.3 is 0 Å². The third-order valence-corrected chi connectivity index (χ3v) is 1.15. The van der Waals surface area contributed by atoms with Crippen LogP contribution in [0.15, 0.2) is 12.5 Å². The molecule has 80 valence electrons. The molecule has 4 nitrogen and oxygen atoms in total. The van der Waals surface area contributed by atoms with Crippen LogP contribution in [0.3, 0.4) is 0 Å². The smallest absolute Gasteiger partial charge is 0.135 e. The van der Waals surface area contributed by atoms with Gasteiger partial charge in [-0.2, -0.15) is 0 Å². The van der Waals surface area contributed by atoms with Gasteiger partial charge in [0.1, 0.15) is 12.1 Å². The molecule has 0 amide bonds. The molecule has 0 aliphatic rings. The van der Waals surface area contributed by atoms with Crippen LogP contribution in [-0.4, -0.2) is 15.7 Å². The maximum absolute atomic E-state index is 7.22. The van der Waals surface area contributed by atoms with Crippen LogP contribution in [0.25, 0.3) is 0 Å². The van der Waals surface area contributed by atoms with Crippen molar-refractivity contribution in [2.45, 2.75) is 34.6 Å². The van der Waals surface area contributed by atoms with Crippen LogP contribution in [0.1, 0.15) is 40.2 Å². The maximum atomic E-state index is 7.22. The van der Waals surface area contributed by atoms with E-state index in [2.05, 4.69) is 9.97 Å². The number of nitrogens with zero attached hydrogens (tertiary/aromatic N) is 2. The second kappa shape index (κ2) is 9.64. The Hall–Kier alpha value is -1.45. The van der Waals surface area contributed by atoms with Crippen molar-refractivity contribution in [3.63, 3.8) is 0 Å². The predicted octanol–water partition coefficient (Wildman–Crippen LogP) is 2.50. The number of aromatic nitrogens is 2. The van der Waals surface area contributed by atoms with Gasteiger partial charge in [0, 0.05) is 11.9 Å². The summed E-state index contributed by atoms with van der Waals surface area (Å²) in [4.78, 5) is 7.46. The summed E-state index contributed by atoms with van der Waals surface area (Å²) in [5.74, 6) is 0.363. The molecule has 0 saturated heterocycles. The van der Waals surface area contributed by atoms with E-state index in [9.17, 15) is 0 Å². The van der Waals surface area contributed by atoms with Gasteiger partial charge in [0.05, 0.1) is 5.56 Å². The molecule has 0 bridgehead atoms. The molecule has 0 spiro atoms. The minimum Gasteiger partial charge on any atom is -0.383 e. The lowest BCUT2D eigenvalue weighted by atomic mass is 10.2. The molecule has 0 aliphatic carbocycles. The molecule has 4 heteroatoms. The van der Waals surface area contributed by atoms with Crippen LogP contribution in [-0.2, 0) is 0 Å². The van der Waals surface area contributed by atoms with E-state index >= 15 is 0 Å². The van der Waals surface area contributed by atoms with Crippen molar-refractivity contribution in [2.24, 2.45) is 0 Å².